The quantitative estimate of drug-likeness (QED) is 0.869. The topological polar surface area (TPSA) is 69.6 Å². The molecule has 0 bridgehead atoms. The minimum atomic E-state index is -3.63. The molecule has 0 fully saturated rings. The maximum absolute atomic E-state index is 11.5. The third-order valence-corrected chi connectivity index (χ3v) is 4.19. The van der Waals surface area contributed by atoms with E-state index >= 15 is 0 Å². The van der Waals surface area contributed by atoms with Gasteiger partial charge in [-0.15, -0.1) is 0 Å². The third kappa shape index (κ3) is 2.14. The van der Waals surface area contributed by atoms with Crippen molar-refractivity contribution in [3.05, 3.63) is 46.4 Å². The molecule has 0 unspecified atom stereocenters. The molecule has 0 saturated carbocycles. The van der Waals surface area contributed by atoms with E-state index in [0.29, 0.717) is 0 Å². The Labute approximate surface area is 102 Å². The molecule has 86 valence electrons. The van der Waals surface area contributed by atoms with E-state index in [2.05, 4.69) is 15.9 Å². The van der Waals surface area contributed by atoms with Gasteiger partial charge in [-0.1, -0.05) is 34.1 Å². The lowest BCUT2D eigenvalue weighted by molar-refractivity contribution is 0.390. The molecular weight excluding hydrogens is 296 g/mol. The molecule has 0 aliphatic carbocycles. The lowest BCUT2D eigenvalue weighted by Crippen LogP contribution is -2.29. The molecule has 1 aromatic rings. The van der Waals surface area contributed by atoms with Crippen LogP contribution in [0.1, 0.15) is 5.56 Å². The van der Waals surface area contributed by atoms with E-state index in [0.717, 1.165) is 20.5 Å². The summed E-state index contributed by atoms with van der Waals surface area (Å²) in [6, 6.07) is 7.30. The summed E-state index contributed by atoms with van der Waals surface area (Å²) in [4.78, 5) is 0. The zero-order chi connectivity index (χ0) is 11.8. The molecule has 1 aliphatic heterocycles. The van der Waals surface area contributed by atoms with Crippen molar-refractivity contribution < 1.29 is 13.5 Å². The third-order valence-electron chi connectivity index (χ3n) is 2.09. The van der Waals surface area contributed by atoms with Gasteiger partial charge in [0, 0.05) is 4.47 Å². The molecule has 0 atom stereocenters. The predicted octanol–water partition coefficient (Wildman–Crippen LogP) is 1.46. The lowest BCUT2D eigenvalue weighted by atomic mass is 10.2. The summed E-state index contributed by atoms with van der Waals surface area (Å²) in [5, 5.41) is 9.10. The molecule has 0 saturated heterocycles. The number of aliphatic hydroxyl groups is 1. The molecule has 0 spiro atoms. The monoisotopic (exact) mass is 304 g/mol. The van der Waals surface area contributed by atoms with Crippen LogP contribution in [0.25, 0.3) is 0 Å². The molecule has 0 aromatic heterocycles. The second-order valence-electron chi connectivity index (χ2n) is 3.26. The Kier molecular flexibility index (Phi) is 2.81. The molecule has 1 aromatic carbocycles. The van der Waals surface area contributed by atoms with Gasteiger partial charge < -0.3 is 5.11 Å². The summed E-state index contributed by atoms with van der Waals surface area (Å²) in [6.07, 6.45) is 1.15. The first-order valence-electron chi connectivity index (χ1n) is 4.43. The van der Waals surface area contributed by atoms with Gasteiger partial charge in [0.15, 0.2) is 0 Å². The number of rotatable bonds is 2. The lowest BCUT2D eigenvalue weighted by Gasteiger charge is -2.14. The van der Waals surface area contributed by atoms with Crippen molar-refractivity contribution in [2.75, 3.05) is 0 Å². The van der Waals surface area contributed by atoms with Crippen molar-refractivity contribution >= 4 is 26.1 Å². The number of benzene rings is 1. The predicted molar refractivity (Wildman–Crippen MR) is 62.5 cm³/mol. The van der Waals surface area contributed by atoms with Gasteiger partial charge in [0.25, 0.3) is 0 Å². The van der Waals surface area contributed by atoms with Gasteiger partial charge in [-0.3, -0.25) is 4.31 Å². The van der Waals surface area contributed by atoms with Crippen molar-refractivity contribution in [1.82, 2.24) is 9.03 Å². The first kappa shape index (κ1) is 11.3. The van der Waals surface area contributed by atoms with E-state index in [1.54, 1.807) is 0 Å². The number of nitrogens with one attached hydrogen (secondary N) is 1. The molecule has 7 heteroatoms. The van der Waals surface area contributed by atoms with Crippen molar-refractivity contribution in [2.24, 2.45) is 0 Å². The van der Waals surface area contributed by atoms with E-state index in [-0.39, 0.29) is 12.4 Å². The Bertz CT molecular complexity index is 541. The van der Waals surface area contributed by atoms with Crippen LogP contribution in [0.3, 0.4) is 0 Å². The van der Waals surface area contributed by atoms with Crippen LogP contribution in [0.4, 0.5) is 0 Å². The number of hydrogen-bond donors (Lipinski definition) is 2. The largest absolute Gasteiger partial charge is 0.493 e. The zero-order valence-electron chi connectivity index (χ0n) is 8.09. The van der Waals surface area contributed by atoms with Crippen LogP contribution in [0.5, 0.6) is 0 Å². The highest BCUT2D eigenvalue weighted by Crippen LogP contribution is 2.21. The summed E-state index contributed by atoms with van der Waals surface area (Å²) >= 11 is 3.33. The van der Waals surface area contributed by atoms with Crippen LogP contribution < -0.4 is 4.72 Å². The molecule has 0 amide bonds. The highest BCUT2D eigenvalue weighted by Gasteiger charge is 2.27. The second kappa shape index (κ2) is 3.99. The standard InChI is InChI=1S/C9H9BrN2O3S/c10-8-4-2-1-3-7(8)5-12-6-9(13)11-16(12,14)15/h1-4,6,11,13H,5H2. The van der Waals surface area contributed by atoms with Crippen molar-refractivity contribution in [3.63, 3.8) is 0 Å². The highest BCUT2D eigenvalue weighted by atomic mass is 79.9. The van der Waals surface area contributed by atoms with E-state index in [4.69, 9.17) is 5.11 Å². The Balaban J connectivity index is 2.26. The molecule has 2 rings (SSSR count). The number of halogens is 1. The Morgan fingerprint density at radius 3 is 2.62 bits per heavy atom. The van der Waals surface area contributed by atoms with Gasteiger partial charge >= 0.3 is 10.2 Å². The summed E-state index contributed by atoms with van der Waals surface area (Å²) < 4.78 is 26.8. The van der Waals surface area contributed by atoms with E-state index < -0.39 is 10.2 Å². The summed E-state index contributed by atoms with van der Waals surface area (Å²) in [5.74, 6) is -0.368. The first-order valence-corrected chi connectivity index (χ1v) is 6.66. The van der Waals surface area contributed by atoms with Crippen LogP contribution in [0, 0.1) is 0 Å². The maximum atomic E-state index is 11.5. The minimum Gasteiger partial charge on any atom is -0.493 e. The van der Waals surface area contributed by atoms with Crippen molar-refractivity contribution in [1.29, 1.82) is 0 Å². The fourth-order valence-corrected chi connectivity index (χ4v) is 2.74. The SMILES string of the molecule is O=S1(=O)NC(O)=CN1Cc1ccccc1Br. The highest BCUT2D eigenvalue weighted by molar-refractivity contribution is 9.10. The molecule has 2 N–H and O–H groups in total. The van der Waals surface area contributed by atoms with Gasteiger partial charge in [0.05, 0.1) is 12.7 Å². The molecule has 16 heavy (non-hydrogen) atoms. The van der Waals surface area contributed by atoms with Crippen LogP contribution in [-0.2, 0) is 16.8 Å². The Morgan fingerprint density at radius 1 is 1.38 bits per heavy atom. The molecule has 0 radical (unpaired) electrons. The Hall–Kier alpha value is -1.21. The first-order chi connectivity index (χ1) is 7.49. The van der Waals surface area contributed by atoms with E-state index in [1.165, 1.54) is 0 Å². The van der Waals surface area contributed by atoms with Crippen LogP contribution >= 0.6 is 15.9 Å². The normalized spacial score (nSPS) is 18.1. The van der Waals surface area contributed by atoms with E-state index in [1.807, 2.05) is 29.0 Å². The molecule has 1 aliphatic rings. The smallest absolute Gasteiger partial charge is 0.326 e. The summed E-state index contributed by atoms with van der Waals surface area (Å²) in [5.41, 5.74) is 0.818. The Morgan fingerprint density at radius 2 is 2.06 bits per heavy atom. The average Bonchev–Trinajstić information content (AvgIpc) is 2.43. The molecular formula is C9H9BrN2O3S. The van der Waals surface area contributed by atoms with Crippen LogP contribution in [-0.4, -0.2) is 17.8 Å². The average molecular weight is 305 g/mol. The maximum Gasteiger partial charge on any atom is 0.326 e. The number of hydrogen-bond acceptors (Lipinski definition) is 3. The van der Waals surface area contributed by atoms with Gasteiger partial charge in [-0.05, 0) is 11.6 Å². The molecule has 1 heterocycles. The molecule has 5 nitrogen and oxygen atoms in total. The zero-order valence-corrected chi connectivity index (χ0v) is 10.5. The van der Waals surface area contributed by atoms with Crippen molar-refractivity contribution in [3.8, 4) is 0 Å². The van der Waals surface area contributed by atoms with E-state index in [9.17, 15) is 8.42 Å². The van der Waals surface area contributed by atoms with Crippen LogP contribution in [0.2, 0.25) is 0 Å². The van der Waals surface area contributed by atoms with Crippen LogP contribution in [0.15, 0.2) is 40.8 Å². The van der Waals surface area contributed by atoms with Gasteiger partial charge in [0.1, 0.15) is 0 Å². The van der Waals surface area contributed by atoms with Crippen molar-refractivity contribution in [2.45, 2.75) is 6.54 Å². The van der Waals surface area contributed by atoms with Gasteiger partial charge in [0.2, 0.25) is 5.88 Å². The minimum absolute atomic E-state index is 0.167. The fourth-order valence-electron chi connectivity index (χ4n) is 1.35. The van der Waals surface area contributed by atoms with Gasteiger partial charge in [-0.2, -0.15) is 8.42 Å². The summed E-state index contributed by atoms with van der Waals surface area (Å²) in [6.45, 7) is 0.167. The second-order valence-corrected chi connectivity index (χ2v) is 5.74. The summed E-state index contributed by atoms with van der Waals surface area (Å²) in [7, 11) is -3.63. The number of aliphatic hydroxyl groups excluding tert-OH is 1. The van der Waals surface area contributed by atoms with Gasteiger partial charge in [-0.25, -0.2) is 4.72 Å². The fraction of sp³-hybridized carbons (Fsp3) is 0.111. The number of nitrogens with zero attached hydrogens (tertiary/aromatic N) is 1.